The molecule has 1 aliphatic heterocycles. The average Bonchev–Trinajstić information content (AvgIpc) is 2.90. The first kappa shape index (κ1) is 25.4. The molecule has 0 saturated carbocycles. The number of carbonyl (C=O) groups excluding carboxylic acids is 1. The molecule has 3 aromatic rings. The van der Waals surface area contributed by atoms with Gasteiger partial charge in [-0.2, -0.15) is 5.26 Å². The number of hydrogen-bond donors (Lipinski definition) is 5. The summed E-state index contributed by atoms with van der Waals surface area (Å²) in [5.74, 6) is -0.0212. The van der Waals surface area contributed by atoms with Crippen LogP contribution >= 0.6 is 0 Å². The number of amides is 1. The van der Waals surface area contributed by atoms with E-state index in [0.29, 0.717) is 48.1 Å². The normalized spacial score (nSPS) is 15.4. The van der Waals surface area contributed by atoms with Gasteiger partial charge < -0.3 is 30.7 Å². The first-order valence-electron chi connectivity index (χ1n) is 12.2. The number of phenols is 1. The second kappa shape index (κ2) is 11.8. The van der Waals surface area contributed by atoms with E-state index in [1.54, 1.807) is 24.3 Å². The number of carbonyl (C=O) groups is 1. The summed E-state index contributed by atoms with van der Waals surface area (Å²) in [6.45, 7) is 3.26. The third-order valence-electron chi connectivity index (χ3n) is 6.68. The van der Waals surface area contributed by atoms with Gasteiger partial charge in [-0.05, 0) is 61.3 Å². The molecule has 5 N–H and O–H groups in total. The summed E-state index contributed by atoms with van der Waals surface area (Å²) >= 11 is 0. The third-order valence-corrected chi connectivity index (χ3v) is 6.68. The van der Waals surface area contributed by atoms with Crippen molar-refractivity contribution < 1.29 is 15.0 Å². The Morgan fingerprint density at radius 3 is 2.61 bits per heavy atom. The van der Waals surface area contributed by atoms with Gasteiger partial charge in [-0.3, -0.25) is 9.59 Å². The maximum atomic E-state index is 12.2. The maximum Gasteiger partial charge on any atom is 0.248 e. The van der Waals surface area contributed by atoms with Crippen molar-refractivity contribution in [1.82, 2.24) is 20.5 Å². The van der Waals surface area contributed by atoms with Gasteiger partial charge >= 0.3 is 0 Å². The molecule has 9 nitrogen and oxygen atoms in total. The highest BCUT2D eigenvalue weighted by Crippen LogP contribution is 2.28. The van der Waals surface area contributed by atoms with E-state index >= 15 is 0 Å². The largest absolute Gasteiger partial charge is 0.506 e. The van der Waals surface area contributed by atoms with Crippen molar-refractivity contribution in [3.8, 4) is 11.8 Å². The van der Waals surface area contributed by atoms with Gasteiger partial charge in [0.25, 0.3) is 0 Å². The van der Waals surface area contributed by atoms with Crippen molar-refractivity contribution in [2.45, 2.75) is 38.0 Å². The van der Waals surface area contributed by atoms with E-state index in [1.807, 2.05) is 12.1 Å². The van der Waals surface area contributed by atoms with Crippen molar-refractivity contribution in [2.24, 2.45) is 0 Å². The number of likely N-dealkylation sites (tertiary alicyclic amines) is 1. The van der Waals surface area contributed by atoms with E-state index < -0.39 is 6.10 Å². The second-order valence-electron chi connectivity index (χ2n) is 9.16. The molecular formula is C27H31N5O4. The Hall–Kier alpha value is -3.71. The van der Waals surface area contributed by atoms with Crippen molar-refractivity contribution in [3.63, 3.8) is 0 Å². The molecule has 0 radical (unpaired) electrons. The number of rotatable bonds is 9. The Bertz CT molecular complexity index is 1290. The highest BCUT2D eigenvalue weighted by atomic mass is 16.3. The number of piperidine rings is 1. The summed E-state index contributed by atoms with van der Waals surface area (Å²) in [5.41, 5.74) is 2.23. The van der Waals surface area contributed by atoms with Crippen LogP contribution in [0.1, 0.15) is 42.1 Å². The number of aromatic hydroxyl groups is 1. The molecular weight excluding hydrogens is 458 g/mol. The molecule has 2 heterocycles. The van der Waals surface area contributed by atoms with Crippen molar-refractivity contribution in [1.29, 1.82) is 5.26 Å². The molecule has 188 valence electrons. The van der Waals surface area contributed by atoms with Crippen LogP contribution in [0.25, 0.3) is 10.9 Å². The van der Waals surface area contributed by atoms with Crippen LogP contribution in [0.3, 0.4) is 0 Å². The van der Waals surface area contributed by atoms with E-state index in [9.17, 15) is 19.8 Å². The number of nitrogens with zero attached hydrogens (tertiary/aromatic N) is 2. The lowest BCUT2D eigenvalue weighted by Crippen LogP contribution is -2.44. The molecule has 0 unspecified atom stereocenters. The quantitative estimate of drug-likeness (QED) is 0.309. The zero-order chi connectivity index (χ0) is 25.5. The predicted octanol–water partition coefficient (Wildman–Crippen LogP) is 1.90. The van der Waals surface area contributed by atoms with Crippen molar-refractivity contribution >= 4 is 16.8 Å². The summed E-state index contributed by atoms with van der Waals surface area (Å²) in [5, 5.41) is 36.6. The number of pyridine rings is 1. The zero-order valence-electron chi connectivity index (χ0n) is 20.0. The lowest BCUT2D eigenvalue weighted by atomic mass is 10.0. The fourth-order valence-corrected chi connectivity index (χ4v) is 4.54. The minimum absolute atomic E-state index is 0.00481. The molecule has 9 heteroatoms. The SMILES string of the molecule is N#Cc1ccc(CNC(=O)CCN2CCC(NC[C@H](O)c3ccc(O)c4[nH]c(=O)ccc34)CC2)cc1. The van der Waals surface area contributed by atoms with E-state index in [-0.39, 0.29) is 23.3 Å². The van der Waals surface area contributed by atoms with Crippen molar-refractivity contribution in [3.05, 3.63) is 75.6 Å². The number of H-pyrrole nitrogens is 1. The van der Waals surface area contributed by atoms with E-state index in [0.717, 1.165) is 31.5 Å². The zero-order valence-corrected chi connectivity index (χ0v) is 20.0. The standard InChI is InChI=1S/C27H31N5O4/c28-15-18-1-3-19(4-2-18)16-30-25(35)11-14-32-12-9-20(10-13-32)29-17-24(34)21-5-7-23(33)27-22(21)6-8-26(36)31-27/h1-8,20,24,29,33-34H,9-14,16-17H2,(H,30,35)(H,31,36)/t24-/m0/s1. The van der Waals surface area contributed by atoms with Crippen molar-refractivity contribution in [2.75, 3.05) is 26.2 Å². The van der Waals surface area contributed by atoms with Crippen LogP contribution < -0.4 is 16.2 Å². The molecule has 1 amide bonds. The maximum absolute atomic E-state index is 12.2. The number of nitrogens with one attached hydrogen (secondary N) is 3. The number of aliphatic hydroxyl groups is 1. The monoisotopic (exact) mass is 489 g/mol. The summed E-state index contributed by atoms with van der Waals surface area (Å²) in [6.07, 6.45) is 1.49. The van der Waals surface area contributed by atoms with Gasteiger partial charge in [0.15, 0.2) is 0 Å². The number of benzene rings is 2. The predicted molar refractivity (Wildman–Crippen MR) is 136 cm³/mol. The number of aromatic amines is 1. The first-order chi connectivity index (χ1) is 17.4. The Morgan fingerprint density at radius 2 is 1.89 bits per heavy atom. The van der Waals surface area contributed by atoms with E-state index in [1.165, 1.54) is 12.1 Å². The van der Waals surface area contributed by atoms with Crippen LogP contribution in [0.5, 0.6) is 5.75 Å². The second-order valence-corrected chi connectivity index (χ2v) is 9.16. The van der Waals surface area contributed by atoms with Gasteiger partial charge in [-0.1, -0.05) is 18.2 Å². The molecule has 1 fully saturated rings. The summed E-state index contributed by atoms with van der Waals surface area (Å²) in [4.78, 5) is 28.7. The Kier molecular flexibility index (Phi) is 8.33. The van der Waals surface area contributed by atoms with E-state index in [4.69, 9.17) is 5.26 Å². The van der Waals surface area contributed by atoms with Gasteiger partial charge in [0.05, 0.1) is 23.3 Å². The third kappa shape index (κ3) is 6.49. The van der Waals surface area contributed by atoms with Gasteiger partial charge in [0.1, 0.15) is 5.75 Å². The average molecular weight is 490 g/mol. The number of aliphatic hydroxyl groups excluding tert-OH is 1. The number of phenolic OH excluding ortho intramolecular Hbond substituents is 1. The molecule has 4 rings (SSSR count). The Balaban J connectivity index is 1.17. The van der Waals surface area contributed by atoms with Crippen LogP contribution in [0.2, 0.25) is 0 Å². The fraction of sp³-hybridized carbons (Fsp3) is 0.370. The molecule has 0 aliphatic carbocycles. The van der Waals surface area contributed by atoms with Crippen LogP contribution in [-0.2, 0) is 11.3 Å². The van der Waals surface area contributed by atoms with Gasteiger partial charge in [0.2, 0.25) is 11.5 Å². The lowest BCUT2D eigenvalue weighted by Gasteiger charge is -2.32. The highest BCUT2D eigenvalue weighted by molar-refractivity contribution is 5.87. The number of fused-ring (bicyclic) bond motifs is 1. The molecule has 0 bridgehead atoms. The molecule has 36 heavy (non-hydrogen) atoms. The smallest absolute Gasteiger partial charge is 0.248 e. The molecule has 1 saturated heterocycles. The first-order valence-corrected chi connectivity index (χ1v) is 12.2. The summed E-state index contributed by atoms with van der Waals surface area (Å²) in [7, 11) is 0. The molecule has 1 aliphatic rings. The van der Waals surface area contributed by atoms with Crippen LogP contribution in [-0.4, -0.2) is 58.2 Å². The van der Waals surface area contributed by atoms with Gasteiger partial charge in [-0.25, -0.2) is 0 Å². The van der Waals surface area contributed by atoms with E-state index in [2.05, 4.69) is 26.6 Å². The topological polar surface area (TPSA) is 141 Å². The molecule has 0 spiro atoms. The molecule has 2 aromatic carbocycles. The minimum Gasteiger partial charge on any atom is -0.506 e. The fourth-order valence-electron chi connectivity index (χ4n) is 4.54. The minimum atomic E-state index is -0.781. The van der Waals surface area contributed by atoms with Crippen LogP contribution in [0, 0.1) is 11.3 Å². The number of aromatic nitrogens is 1. The number of hydrogen-bond acceptors (Lipinski definition) is 7. The molecule has 1 aromatic heterocycles. The highest BCUT2D eigenvalue weighted by Gasteiger charge is 2.21. The van der Waals surface area contributed by atoms with Crippen LogP contribution in [0.15, 0.2) is 53.3 Å². The van der Waals surface area contributed by atoms with Gasteiger partial charge in [-0.15, -0.1) is 0 Å². The Labute approximate surface area is 209 Å². The Morgan fingerprint density at radius 1 is 1.14 bits per heavy atom. The van der Waals surface area contributed by atoms with Gasteiger partial charge in [0, 0.05) is 43.5 Å². The summed E-state index contributed by atoms with van der Waals surface area (Å²) in [6, 6.07) is 15.7. The van der Waals surface area contributed by atoms with Crippen LogP contribution in [0.4, 0.5) is 0 Å². The lowest BCUT2D eigenvalue weighted by molar-refractivity contribution is -0.121. The molecule has 1 atom stereocenters. The number of nitriles is 1. The summed E-state index contributed by atoms with van der Waals surface area (Å²) < 4.78 is 0.